The monoisotopic (exact) mass is 506 g/mol. The molecule has 2 fully saturated rings. The molecule has 0 bridgehead atoms. The van der Waals surface area contributed by atoms with E-state index in [0.29, 0.717) is 17.9 Å². The highest BCUT2D eigenvalue weighted by molar-refractivity contribution is 6.38. The average molecular weight is 507 g/mol. The van der Waals surface area contributed by atoms with Crippen molar-refractivity contribution in [1.29, 1.82) is 0 Å². The van der Waals surface area contributed by atoms with Crippen LogP contribution in [0.5, 0.6) is 0 Å². The number of benzene rings is 2. The first-order valence-electron chi connectivity index (χ1n) is 13.1. The molecule has 6 rings (SSSR count). The summed E-state index contributed by atoms with van der Waals surface area (Å²) in [7, 11) is 0. The molecule has 7 heteroatoms. The molecule has 0 amide bonds. The van der Waals surface area contributed by atoms with Crippen molar-refractivity contribution >= 4 is 34.8 Å². The van der Waals surface area contributed by atoms with Crippen LogP contribution in [0.1, 0.15) is 61.1 Å². The van der Waals surface area contributed by atoms with Crippen LogP contribution in [0, 0.1) is 11.8 Å². The summed E-state index contributed by atoms with van der Waals surface area (Å²) >= 11 is 6.13. The first-order valence-corrected chi connectivity index (χ1v) is 13.4. The number of carbonyl (C=O) groups is 3. The van der Waals surface area contributed by atoms with E-state index in [2.05, 4.69) is 10.6 Å². The fourth-order valence-electron chi connectivity index (χ4n) is 6.98. The molecule has 1 aliphatic heterocycles. The Hall–Kier alpha value is -2.70. The van der Waals surface area contributed by atoms with Gasteiger partial charge in [0, 0.05) is 41.1 Å². The van der Waals surface area contributed by atoms with Crippen LogP contribution < -0.4 is 10.6 Å². The normalized spacial score (nSPS) is 27.8. The minimum atomic E-state index is -1.52. The molecule has 0 saturated heterocycles. The van der Waals surface area contributed by atoms with Crippen molar-refractivity contribution in [2.24, 2.45) is 11.8 Å². The van der Waals surface area contributed by atoms with Crippen LogP contribution in [0.25, 0.3) is 0 Å². The number of fused-ring (bicyclic) bond motifs is 3. The Morgan fingerprint density at radius 2 is 1.81 bits per heavy atom. The van der Waals surface area contributed by atoms with Gasteiger partial charge in [-0.2, -0.15) is 0 Å². The number of carboxylic acids is 1. The third kappa shape index (κ3) is 4.04. The zero-order valence-corrected chi connectivity index (χ0v) is 20.9. The standard InChI is InChI=1S/C29H31ClN2O4/c30-19-9-8-16-12-18(13-17(16)14-19)27(34)25(33)15-29(28(35)36,32-20-10-11-20)26-21-4-1-2-6-23(21)31-24-7-3-5-22(24)26/h1-2,4,6,8-9,14,18,20,22,24,26,31-32H,3,5,7,10-13,15H2,(H,35,36)/t18?,22-,24+,26?,29?/m0/s1. The molecule has 5 atom stereocenters. The topological polar surface area (TPSA) is 95.5 Å². The highest BCUT2D eigenvalue weighted by atomic mass is 35.5. The molecule has 3 aliphatic carbocycles. The van der Waals surface area contributed by atoms with Crippen molar-refractivity contribution in [1.82, 2.24) is 5.32 Å². The van der Waals surface area contributed by atoms with Gasteiger partial charge in [-0.3, -0.25) is 19.7 Å². The van der Waals surface area contributed by atoms with Gasteiger partial charge in [0.25, 0.3) is 0 Å². The summed E-state index contributed by atoms with van der Waals surface area (Å²) in [6.07, 6.45) is 5.30. The van der Waals surface area contributed by atoms with Gasteiger partial charge in [0.2, 0.25) is 11.6 Å². The molecule has 2 saturated carbocycles. The smallest absolute Gasteiger partial charge is 0.325 e. The lowest BCUT2D eigenvalue weighted by molar-refractivity contribution is -0.151. The first kappa shape index (κ1) is 23.7. The van der Waals surface area contributed by atoms with Crippen LogP contribution in [0.3, 0.4) is 0 Å². The van der Waals surface area contributed by atoms with Crippen LogP contribution in [-0.4, -0.2) is 40.3 Å². The summed E-state index contributed by atoms with van der Waals surface area (Å²) in [4.78, 5) is 40.3. The van der Waals surface area contributed by atoms with Crippen molar-refractivity contribution < 1.29 is 19.5 Å². The van der Waals surface area contributed by atoms with Gasteiger partial charge in [0.05, 0.1) is 0 Å². The molecule has 3 N–H and O–H groups in total. The van der Waals surface area contributed by atoms with E-state index in [1.807, 2.05) is 36.4 Å². The van der Waals surface area contributed by atoms with Gasteiger partial charge in [0.15, 0.2) is 0 Å². The van der Waals surface area contributed by atoms with E-state index in [4.69, 9.17) is 11.6 Å². The summed E-state index contributed by atoms with van der Waals surface area (Å²) in [5.41, 5.74) is 2.38. The second-order valence-electron chi connectivity index (χ2n) is 11.1. The molecule has 0 spiro atoms. The van der Waals surface area contributed by atoms with Crippen molar-refractivity contribution in [3.8, 4) is 0 Å². The lowest BCUT2D eigenvalue weighted by Crippen LogP contribution is -2.62. The lowest BCUT2D eigenvalue weighted by Gasteiger charge is -2.47. The predicted octanol–water partition coefficient (Wildman–Crippen LogP) is 4.54. The van der Waals surface area contributed by atoms with Crippen LogP contribution in [0.2, 0.25) is 5.02 Å². The van der Waals surface area contributed by atoms with Crippen LogP contribution in [-0.2, 0) is 27.2 Å². The van der Waals surface area contributed by atoms with Gasteiger partial charge in [-0.1, -0.05) is 42.3 Å². The molecule has 36 heavy (non-hydrogen) atoms. The summed E-state index contributed by atoms with van der Waals surface area (Å²) < 4.78 is 0. The van der Waals surface area contributed by atoms with Gasteiger partial charge < -0.3 is 10.4 Å². The largest absolute Gasteiger partial charge is 0.480 e. The Labute approximate surface area is 215 Å². The van der Waals surface area contributed by atoms with E-state index >= 15 is 0 Å². The second kappa shape index (κ2) is 9.00. The maximum absolute atomic E-state index is 13.6. The van der Waals surface area contributed by atoms with E-state index in [9.17, 15) is 19.5 Å². The predicted molar refractivity (Wildman–Crippen MR) is 137 cm³/mol. The van der Waals surface area contributed by atoms with Crippen LogP contribution in [0.4, 0.5) is 5.69 Å². The van der Waals surface area contributed by atoms with E-state index in [0.717, 1.165) is 54.5 Å². The number of hydrogen-bond acceptors (Lipinski definition) is 5. The number of aliphatic carboxylic acids is 1. The first-order chi connectivity index (χ1) is 17.4. The van der Waals surface area contributed by atoms with Gasteiger partial charge in [-0.05, 0) is 79.3 Å². The van der Waals surface area contributed by atoms with E-state index in [1.54, 1.807) is 6.07 Å². The number of Topliss-reactive ketones (excluding diaryl/α,β-unsaturated/α-hetero) is 2. The third-order valence-corrected chi connectivity index (χ3v) is 9.01. The number of carboxylic acid groups (broad SMARTS) is 1. The molecule has 3 unspecified atom stereocenters. The number of hydrogen-bond donors (Lipinski definition) is 3. The maximum atomic E-state index is 13.6. The number of carbonyl (C=O) groups excluding carboxylic acids is 2. The second-order valence-corrected chi connectivity index (χ2v) is 11.5. The molecule has 2 aromatic carbocycles. The minimum absolute atomic E-state index is 0.0591. The van der Waals surface area contributed by atoms with Crippen LogP contribution >= 0.6 is 11.6 Å². The Kier molecular flexibility index (Phi) is 5.92. The fraction of sp³-hybridized carbons (Fsp3) is 0.483. The number of rotatable bonds is 8. The summed E-state index contributed by atoms with van der Waals surface area (Å²) in [6.45, 7) is 0. The van der Waals surface area contributed by atoms with E-state index in [1.165, 1.54) is 0 Å². The van der Waals surface area contributed by atoms with Gasteiger partial charge in [-0.15, -0.1) is 0 Å². The molecular formula is C29H31ClN2O4. The zero-order chi connectivity index (χ0) is 25.0. The zero-order valence-electron chi connectivity index (χ0n) is 20.1. The molecule has 0 aromatic heterocycles. The minimum Gasteiger partial charge on any atom is -0.480 e. The van der Waals surface area contributed by atoms with Crippen molar-refractivity contribution in [2.45, 2.75) is 74.9 Å². The quantitative estimate of drug-likeness (QED) is 0.455. The highest BCUT2D eigenvalue weighted by Crippen LogP contribution is 2.52. The molecule has 4 aliphatic rings. The summed E-state index contributed by atoms with van der Waals surface area (Å²) in [6, 6.07) is 13.7. The lowest BCUT2D eigenvalue weighted by atomic mass is 9.65. The Morgan fingerprint density at radius 1 is 1.03 bits per heavy atom. The van der Waals surface area contributed by atoms with E-state index in [-0.39, 0.29) is 24.4 Å². The van der Waals surface area contributed by atoms with Gasteiger partial charge in [-0.25, -0.2) is 0 Å². The summed E-state index contributed by atoms with van der Waals surface area (Å²) in [5, 5.41) is 18.5. The maximum Gasteiger partial charge on any atom is 0.325 e. The van der Waals surface area contributed by atoms with E-state index < -0.39 is 34.9 Å². The molecular weight excluding hydrogens is 476 g/mol. The number of ketones is 2. The van der Waals surface area contributed by atoms with Gasteiger partial charge in [0.1, 0.15) is 5.54 Å². The fourth-order valence-corrected chi connectivity index (χ4v) is 7.18. The average Bonchev–Trinajstić information content (AvgIpc) is 3.37. The highest BCUT2D eigenvalue weighted by Gasteiger charge is 2.57. The number of para-hydroxylation sites is 1. The Bertz CT molecular complexity index is 1240. The Morgan fingerprint density at radius 3 is 2.58 bits per heavy atom. The van der Waals surface area contributed by atoms with Crippen molar-refractivity contribution in [2.75, 3.05) is 5.32 Å². The molecule has 188 valence electrons. The SMILES string of the molecule is O=C(CC(NC1CC1)(C(=O)O)C1c2ccccc2N[C@@H]2CCC[C@H]12)C(=O)C1Cc2ccc(Cl)cc2C1. The Balaban J connectivity index is 1.34. The molecule has 6 nitrogen and oxygen atoms in total. The molecule has 1 heterocycles. The summed E-state index contributed by atoms with van der Waals surface area (Å²) in [5.74, 6) is -2.85. The van der Waals surface area contributed by atoms with Gasteiger partial charge >= 0.3 is 5.97 Å². The third-order valence-electron chi connectivity index (χ3n) is 8.77. The van der Waals surface area contributed by atoms with Crippen molar-refractivity contribution in [3.05, 3.63) is 64.2 Å². The molecule has 2 aromatic rings. The number of anilines is 1. The van der Waals surface area contributed by atoms with Crippen LogP contribution in [0.15, 0.2) is 42.5 Å². The number of halogens is 1. The number of nitrogens with one attached hydrogen (secondary N) is 2. The molecule has 0 radical (unpaired) electrons. The van der Waals surface area contributed by atoms with Crippen molar-refractivity contribution in [3.63, 3.8) is 0 Å².